The van der Waals surface area contributed by atoms with Crippen LogP contribution in [0.2, 0.25) is 0 Å². The molecule has 1 aromatic heterocycles. The molecule has 8 nitrogen and oxygen atoms in total. The number of aromatic nitrogens is 2. The van der Waals surface area contributed by atoms with E-state index in [1.165, 1.54) is 12.8 Å². The first-order valence-electron chi connectivity index (χ1n) is 12.3. The second-order valence-electron chi connectivity index (χ2n) is 10.5. The molecule has 3 atom stereocenters. The van der Waals surface area contributed by atoms with Crippen LogP contribution in [0.5, 0.6) is 0 Å². The highest BCUT2D eigenvalue weighted by atomic mass is 19.3. The highest BCUT2D eigenvalue weighted by molar-refractivity contribution is 6.44. The number of alkyl halides is 2. The fourth-order valence-electron chi connectivity index (χ4n) is 5.43. The molecule has 2 aliphatic carbocycles. The van der Waals surface area contributed by atoms with Crippen molar-refractivity contribution in [2.45, 2.75) is 76.6 Å². The van der Waals surface area contributed by atoms with E-state index >= 15 is 0 Å². The van der Waals surface area contributed by atoms with E-state index in [0.29, 0.717) is 50.4 Å². The molecule has 2 saturated carbocycles. The molecule has 0 aromatic carbocycles. The van der Waals surface area contributed by atoms with Gasteiger partial charge in [0.1, 0.15) is 12.1 Å². The van der Waals surface area contributed by atoms with Gasteiger partial charge in [0.2, 0.25) is 12.4 Å². The van der Waals surface area contributed by atoms with E-state index in [0.717, 1.165) is 17.0 Å². The van der Waals surface area contributed by atoms with Gasteiger partial charge in [0.15, 0.2) is 5.84 Å². The molecular formula is C24H31F2N7O. The normalized spacial score (nSPS) is 35.8. The zero-order chi connectivity index (χ0) is 23.6. The minimum absolute atomic E-state index is 0.0239. The molecule has 10 heteroatoms. The Hall–Kier alpha value is -2.49. The SMILES string of the molecule is CC1=NC2=NC(N3CCO[C@@H](c4cnn(C5CC5)c4)C3)=NC(C)([C@H]3C[C@H](C(F)F)C3)C2N=C1C. The van der Waals surface area contributed by atoms with Crippen LogP contribution in [0.25, 0.3) is 0 Å². The van der Waals surface area contributed by atoms with Gasteiger partial charge in [-0.15, -0.1) is 0 Å². The third-order valence-corrected chi connectivity index (χ3v) is 8.10. The summed E-state index contributed by atoms with van der Waals surface area (Å²) < 4.78 is 34.7. The largest absolute Gasteiger partial charge is 0.370 e. The minimum Gasteiger partial charge on any atom is -0.370 e. The Morgan fingerprint density at radius 1 is 1.15 bits per heavy atom. The van der Waals surface area contributed by atoms with Crippen molar-refractivity contribution < 1.29 is 13.5 Å². The van der Waals surface area contributed by atoms with Crippen LogP contribution in [0.1, 0.15) is 64.2 Å². The van der Waals surface area contributed by atoms with Crippen LogP contribution in [-0.4, -0.2) is 75.6 Å². The number of ether oxygens (including phenoxy) is 1. The van der Waals surface area contributed by atoms with Gasteiger partial charge in [-0.1, -0.05) is 0 Å². The fourth-order valence-corrected chi connectivity index (χ4v) is 5.43. The molecule has 0 N–H and O–H groups in total. The lowest BCUT2D eigenvalue weighted by atomic mass is 9.62. The maximum absolute atomic E-state index is 13.3. The topological polar surface area (TPSA) is 79.7 Å². The molecule has 3 fully saturated rings. The molecule has 5 aliphatic rings. The molecule has 0 bridgehead atoms. The molecule has 0 radical (unpaired) electrons. The van der Waals surface area contributed by atoms with Crippen molar-refractivity contribution in [3.8, 4) is 0 Å². The van der Waals surface area contributed by atoms with E-state index in [4.69, 9.17) is 24.7 Å². The van der Waals surface area contributed by atoms with Crippen LogP contribution >= 0.6 is 0 Å². The van der Waals surface area contributed by atoms with Crippen molar-refractivity contribution in [2.75, 3.05) is 19.7 Å². The Morgan fingerprint density at radius 2 is 1.94 bits per heavy atom. The van der Waals surface area contributed by atoms with Crippen molar-refractivity contribution in [1.29, 1.82) is 0 Å². The summed E-state index contributed by atoms with van der Waals surface area (Å²) in [7, 11) is 0. The van der Waals surface area contributed by atoms with E-state index in [1.54, 1.807) is 0 Å². The van der Waals surface area contributed by atoms with Gasteiger partial charge in [0.05, 0.1) is 42.4 Å². The zero-order valence-corrected chi connectivity index (χ0v) is 19.9. The van der Waals surface area contributed by atoms with E-state index in [-0.39, 0.29) is 18.1 Å². The summed E-state index contributed by atoms with van der Waals surface area (Å²) in [5.41, 5.74) is 2.11. The first-order valence-corrected chi connectivity index (χ1v) is 12.3. The number of rotatable bonds is 4. The number of amidine groups is 1. The second kappa shape index (κ2) is 8.03. The van der Waals surface area contributed by atoms with E-state index in [9.17, 15) is 8.78 Å². The van der Waals surface area contributed by atoms with Crippen molar-refractivity contribution in [1.82, 2.24) is 14.7 Å². The van der Waals surface area contributed by atoms with Gasteiger partial charge in [-0.05, 0) is 52.4 Å². The molecule has 6 rings (SSSR count). The number of fused-ring (bicyclic) bond motifs is 1. The van der Waals surface area contributed by atoms with Crippen LogP contribution in [0.15, 0.2) is 32.4 Å². The quantitative estimate of drug-likeness (QED) is 0.672. The smallest absolute Gasteiger partial charge is 0.241 e. The standard InChI is InChI=1S/C24H31F2N7O/c1-13-14(2)29-22-20(28-13)24(3,17-8-15(9-17)21(25)26)31-23(30-22)32-6-7-34-19(12-32)16-10-27-33(11-16)18-4-5-18/h10-11,15,17-21H,4-9,12H2,1-3H3/t15-,17-,19-,20?,24?/m1/s1. The summed E-state index contributed by atoms with van der Waals surface area (Å²) in [6.07, 6.45) is 4.86. The molecule has 2 unspecified atom stereocenters. The Kier molecular flexibility index (Phi) is 5.20. The summed E-state index contributed by atoms with van der Waals surface area (Å²) in [4.78, 5) is 21.8. The third kappa shape index (κ3) is 3.70. The van der Waals surface area contributed by atoms with Gasteiger partial charge in [0.25, 0.3) is 0 Å². The van der Waals surface area contributed by atoms with Crippen LogP contribution in [0.4, 0.5) is 8.78 Å². The van der Waals surface area contributed by atoms with Crippen molar-refractivity contribution >= 4 is 23.2 Å². The first kappa shape index (κ1) is 22.0. The van der Waals surface area contributed by atoms with Crippen LogP contribution in [0, 0.1) is 11.8 Å². The number of hydrogen-bond acceptors (Lipinski definition) is 7. The Bertz CT molecular complexity index is 1100. The van der Waals surface area contributed by atoms with Gasteiger partial charge >= 0.3 is 0 Å². The summed E-state index contributed by atoms with van der Waals surface area (Å²) in [5, 5.41) is 4.51. The summed E-state index contributed by atoms with van der Waals surface area (Å²) in [6, 6.07) is 0.188. The molecule has 0 spiro atoms. The summed E-state index contributed by atoms with van der Waals surface area (Å²) >= 11 is 0. The lowest BCUT2D eigenvalue weighted by Crippen LogP contribution is -2.58. The highest BCUT2D eigenvalue weighted by Gasteiger charge is 2.54. The lowest BCUT2D eigenvalue weighted by molar-refractivity contribution is -0.0226. The Morgan fingerprint density at radius 3 is 2.68 bits per heavy atom. The predicted molar refractivity (Wildman–Crippen MR) is 126 cm³/mol. The lowest BCUT2D eigenvalue weighted by Gasteiger charge is -2.49. The maximum Gasteiger partial charge on any atom is 0.241 e. The molecule has 182 valence electrons. The summed E-state index contributed by atoms with van der Waals surface area (Å²) in [5.74, 6) is 0.720. The van der Waals surface area contributed by atoms with Gasteiger partial charge in [0, 0.05) is 24.2 Å². The highest BCUT2D eigenvalue weighted by Crippen LogP contribution is 2.49. The average Bonchev–Trinajstić information content (AvgIpc) is 3.50. The molecular weight excluding hydrogens is 440 g/mol. The van der Waals surface area contributed by atoms with Crippen molar-refractivity contribution in [3.05, 3.63) is 18.0 Å². The number of aliphatic imine (C=N–C) groups is 4. The van der Waals surface area contributed by atoms with E-state index < -0.39 is 17.9 Å². The number of hydrogen-bond donors (Lipinski definition) is 0. The maximum atomic E-state index is 13.3. The monoisotopic (exact) mass is 471 g/mol. The second-order valence-corrected chi connectivity index (χ2v) is 10.5. The van der Waals surface area contributed by atoms with Gasteiger partial charge in [-0.25, -0.2) is 18.8 Å². The number of nitrogens with zero attached hydrogens (tertiary/aromatic N) is 7. The molecule has 1 saturated heterocycles. The Balaban J connectivity index is 1.29. The molecule has 34 heavy (non-hydrogen) atoms. The number of morpholine rings is 1. The number of guanidine groups is 1. The molecule has 3 aliphatic heterocycles. The summed E-state index contributed by atoms with van der Waals surface area (Å²) in [6.45, 7) is 7.75. The number of halogens is 2. The minimum atomic E-state index is -2.28. The van der Waals surface area contributed by atoms with E-state index in [2.05, 4.69) is 16.2 Å². The molecule has 1 aromatic rings. The fraction of sp³-hybridized carbons (Fsp3) is 0.708. The van der Waals surface area contributed by atoms with Crippen LogP contribution in [-0.2, 0) is 4.74 Å². The van der Waals surface area contributed by atoms with Crippen LogP contribution in [0.3, 0.4) is 0 Å². The van der Waals surface area contributed by atoms with Crippen LogP contribution < -0.4 is 0 Å². The van der Waals surface area contributed by atoms with Crippen molar-refractivity contribution in [3.63, 3.8) is 0 Å². The third-order valence-electron chi connectivity index (χ3n) is 8.10. The average molecular weight is 472 g/mol. The first-order chi connectivity index (χ1) is 16.3. The van der Waals surface area contributed by atoms with E-state index in [1.807, 2.05) is 31.6 Å². The zero-order valence-electron chi connectivity index (χ0n) is 19.9. The van der Waals surface area contributed by atoms with Gasteiger partial charge in [-0.3, -0.25) is 9.67 Å². The molecule has 4 heterocycles. The predicted octanol–water partition coefficient (Wildman–Crippen LogP) is 3.71. The van der Waals surface area contributed by atoms with Crippen molar-refractivity contribution in [2.24, 2.45) is 31.8 Å². The molecule has 0 amide bonds. The van der Waals surface area contributed by atoms with Gasteiger partial charge in [-0.2, -0.15) is 10.1 Å². The van der Waals surface area contributed by atoms with Gasteiger partial charge < -0.3 is 9.64 Å². The Labute approximate surface area is 197 Å².